The number of halogens is 3. The van der Waals surface area contributed by atoms with E-state index in [0.29, 0.717) is 5.03 Å². The molecule has 0 saturated heterocycles. The first-order valence-electron chi connectivity index (χ1n) is 5.09. The van der Waals surface area contributed by atoms with Gasteiger partial charge in [0.1, 0.15) is 12.4 Å². The number of aryl methyl sites for hydroxylation is 1. The fraction of sp³-hybridized carbons (Fsp3) is 0.333. The van der Waals surface area contributed by atoms with Crippen LogP contribution in [-0.2, 0) is 6.54 Å². The van der Waals surface area contributed by atoms with Crippen LogP contribution in [0.2, 0.25) is 0 Å². The third-order valence-corrected chi connectivity index (χ3v) is 3.21. The van der Waals surface area contributed by atoms with Gasteiger partial charge in [-0.05, 0) is 31.7 Å². The maximum absolute atomic E-state index is 5.81. The second kappa shape index (κ2) is 7.27. The molecule has 5 heteroatoms. The molecule has 0 saturated carbocycles. The molecule has 2 nitrogen and oxygen atoms in total. The average Bonchev–Trinajstić information content (AvgIpc) is 2.27. The molecule has 0 aliphatic carbocycles. The van der Waals surface area contributed by atoms with Crippen LogP contribution in [0.4, 0.5) is 0 Å². The normalized spacial score (nSPS) is 11.7. The van der Waals surface area contributed by atoms with Crippen molar-refractivity contribution in [3.63, 3.8) is 0 Å². The van der Waals surface area contributed by atoms with E-state index >= 15 is 0 Å². The smallest absolute Gasteiger partial charge is 0.127 e. The van der Waals surface area contributed by atoms with Gasteiger partial charge in [0.2, 0.25) is 0 Å². The molecule has 1 aromatic carbocycles. The zero-order valence-electron chi connectivity index (χ0n) is 9.69. The quantitative estimate of drug-likeness (QED) is 0.869. The van der Waals surface area contributed by atoms with Crippen molar-refractivity contribution in [1.82, 2.24) is 5.32 Å². The molecule has 0 fully saturated rings. The molecule has 0 radical (unpaired) electrons. The number of nitrogens with one attached hydrogen (secondary N) is 1. The monoisotopic (exact) mass is 337 g/mol. The van der Waals surface area contributed by atoms with Crippen LogP contribution in [0, 0.1) is 6.92 Å². The van der Waals surface area contributed by atoms with Gasteiger partial charge in [-0.25, -0.2) is 0 Å². The average molecular weight is 339 g/mol. The molecule has 0 spiro atoms. The Bertz CT molecular complexity index is 421. The standard InChI is InChI=1S/C12H14BrCl2NO/c1-8-3-10(13)4-9(6-16-2)12(8)17-7-11(15)5-14/h3-5,16H,6-7H2,1-2H3/b11-5-. The van der Waals surface area contributed by atoms with Crippen molar-refractivity contribution < 1.29 is 4.74 Å². The number of benzene rings is 1. The molecule has 17 heavy (non-hydrogen) atoms. The van der Waals surface area contributed by atoms with Gasteiger partial charge in [0.05, 0.1) is 5.03 Å². The molecule has 1 aromatic rings. The highest BCUT2D eigenvalue weighted by Crippen LogP contribution is 2.28. The molecule has 0 atom stereocenters. The third-order valence-electron chi connectivity index (χ3n) is 2.16. The Morgan fingerprint density at radius 3 is 2.82 bits per heavy atom. The lowest BCUT2D eigenvalue weighted by atomic mass is 10.1. The summed E-state index contributed by atoms with van der Waals surface area (Å²) in [6, 6.07) is 4.03. The molecular formula is C12H14BrCl2NO. The second-order valence-corrected chi connectivity index (χ2v) is 5.21. The van der Waals surface area contributed by atoms with E-state index in [2.05, 4.69) is 21.2 Å². The summed E-state index contributed by atoms with van der Waals surface area (Å²) in [4.78, 5) is 0. The summed E-state index contributed by atoms with van der Waals surface area (Å²) in [7, 11) is 1.89. The van der Waals surface area contributed by atoms with E-state index in [1.807, 2.05) is 26.1 Å². The van der Waals surface area contributed by atoms with Gasteiger partial charge in [-0.1, -0.05) is 39.1 Å². The topological polar surface area (TPSA) is 21.3 Å². The summed E-state index contributed by atoms with van der Waals surface area (Å²) in [5, 5.41) is 3.58. The van der Waals surface area contributed by atoms with Crippen LogP contribution < -0.4 is 10.1 Å². The predicted octanol–water partition coefficient (Wildman–Crippen LogP) is 4.17. The highest BCUT2D eigenvalue weighted by Gasteiger charge is 2.09. The molecule has 0 unspecified atom stereocenters. The minimum Gasteiger partial charge on any atom is -0.487 e. The largest absolute Gasteiger partial charge is 0.487 e. The summed E-state index contributed by atoms with van der Waals surface area (Å²) in [6.07, 6.45) is 0. The van der Waals surface area contributed by atoms with Crippen molar-refractivity contribution in [3.05, 3.63) is 38.3 Å². The van der Waals surface area contributed by atoms with Crippen LogP contribution >= 0.6 is 39.1 Å². The van der Waals surface area contributed by atoms with E-state index in [0.717, 1.165) is 27.9 Å². The molecule has 0 heterocycles. The number of hydrogen-bond acceptors (Lipinski definition) is 2. The SMILES string of the molecule is CNCc1cc(Br)cc(C)c1OC/C(Cl)=C/Cl. The van der Waals surface area contributed by atoms with Gasteiger partial charge in [0.25, 0.3) is 0 Å². The molecule has 0 aliphatic rings. The molecule has 0 aliphatic heterocycles. The first-order chi connectivity index (χ1) is 8.08. The van der Waals surface area contributed by atoms with Crippen LogP contribution in [0.1, 0.15) is 11.1 Å². The Labute approximate surface area is 120 Å². The number of hydrogen-bond donors (Lipinski definition) is 1. The highest BCUT2D eigenvalue weighted by molar-refractivity contribution is 9.10. The maximum Gasteiger partial charge on any atom is 0.127 e. The lowest BCUT2D eigenvalue weighted by Crippen LogP contribution is -2.09. The second-order valence-electron chi connectivity index (χ2n) is 3.59. The Balaban J connectivity index is 2.95. The summed E-state index contributed by atoms with van der Waals surface area (Å²) in [5.41, 5.74) is 3.45. The third kappa shape index (κ3) is 4.51. The summed E-state index contributed by atoms with van der Waals surface area (Å²) in [6.45, 7) is 3.01. The van der Waals surface area contributed by atoms with E-state index in [4.69, 9.17) is 27.9 Å². The van der Waals surface area contributed by atoms with E-state index < -0.39 is 0 Å². The van der Waals surface area contributed by atoms with Gasteiger partial charge in [-0.3, -0.25) is 0 Å². The number of rotatable bonds is 5. The minimum absolute atomic E-state index is 0.282. The van der Waals surface area contributed by atoms with Crippen LogP contribution in [0.5, 0.6) is 5.75 Å². The van der Waals surface area contributed by atoms with E-state index in [9.17, 15) is 0 Å². The maximum atomic E-state index is 5.81. The van der Waals surface area contributed by atoms with Crippen LogP contribution in [-0.4, -0.2) is 13.7 Å². The molecule has 0 aromatic heterocycles. The van der Waals surface area contributed by atoms with Crippen LogP contribution in [0.15, 0.2) is 27.2 Å². The van der Waals surface area contributed by atoms with E-state index in [1.165, 1.54) is 5.54 Å². The van der Waals surface area contributed by atoms with Crippen molar-refractivity contribution >= 4 is 39.1 Å². The Hall–Kier alpha value is -0.220. The molecular weight excluding hydrogens is 325 g/mol. The van der Waals surface area contributed by atoms with Crippen molar-refractivity contribution in [2.24, 2.45) is 0 Å². The minimum atomic E-state index is 0.282. The Morgan fingerprint density at radius 1 is 1.53 bits per heavy atom. The summed E-state index contributed by atoms with van der Waals surface area (Å²) < 4.78 is 6.72. The van der Waals surface area contributed by atoms with Crippen LogP contribution in [0.3, 0.4) is 0 Å². The van der Waals surface area contributed by atoms with Gasteiger partial charge in [-0.2, -0.15) is 0 Å². The van der Waals surface area contributed by atoms with Crippen molar-refractivity contribution in [2.45, 2.75) is 13.5 Å². The predicted molar refractivity (Wildman–Crippen MR) is 76.9 cm³/mol. The molecule has 0 bridgehead atoms. The fourth-order valence-corrected chi connectivity index (χ4v) is 2.24. The van der Waals surface area contributed by atoms with Crippen molar-refractivity contribution in [3.8, 4) is 5.75 Å². The lowest BCUT2D eigenvalue weighted by molar-refractivity contribution is 0.352. The van der Waals surface area contributed by atoms with Gasteiger partial charge < -0.3 is 10.1 Å². The van der Waals surface area contributed by atoms with Gasteiger partial charge >= 0.3 is 0 Å². The zero-order valence-corrected chi connectivity index (χ0v) is 12.8. The summed E-state index contributed by atoms with van der Waals surface area (Å²) >= 11 is 14.8. The van der Waals surface area contributed by atoms with Crippen molar-refractivity contribution in [2.75, 3.05) is 13.7 Å². The fourth-order valence-electron chi connectivity index (χ4n) is 1.50. The zero-order chi connectivity index (χ0) is 12.8. The Kier molecular flexibility index (Phi) is 6.34. The first kappa shape index (κ1) is 14.8. The molecule has 0 amide bonds. The van der Waals surface area contributed by atoms with Crippen molar-refractivity contribution in [1.29, 1.82) is 0 Å². The van der Waals surface area contributed by atoms with E-state index in [-0.39, 0.29) is 6.61 Å². The van der Waals surface area contributed by atoms with E-state index in [1.54, 1.807) is 0 Å². The van der Waals surface area contributed by atoms with Gasteiger partial charge in [-0.15, -0.1) is 0 Å². The van der Waals surface area contributed by atoms with Crippen LogP contribution in [0.25, 0.3) is 0 Å². The molecule has 1 N–H and O–H groups in total. The Morgan fingerprint density at radius 2 is 2.24 bits per heavy atom. The van der Waals surface area contributed by atoms with Gasteiger partial charge in [0, 0.05) is 22.1 Å². The lowest BCUT2D eigenvalue weighted by Gasteiger charge is -2.14. The summed E-state index contributed by atoms with van der Waals surface area (Å²) in [5.74, 6) is 0.846. The highest BCUT2D eigenvalue weighted by atomic mass is 79.9. The first-order valence-corrected chi connectivity index (χ1v) is 6.70. The van der Waals surface area contributed by atoms with Gasteiger partial charge in [0.15, 0.2) is 0 Å². The molecule has 94 valence electrons. The molecule has 1 rings (SSSR count). The number of ether oxygens (including phenoxy) is 1.